The van der Waals surface area contributed by atoms with E-state index in [1.807, 2.05) is 0 Å². The second kappa shape index (κ2) is 6.22. The summed E-state index contributed by atoms with van der Waals surface area (Å²) in [6.45, 7) is 10.7. The number of likely N-dealkylation sites (tertiary alicyclic amines) is 1. The molecular formula is C15H27NO5. The minimum absolute atomic E-state index is 0.0822. The second-order valence-electron chi connectivity index (χ2n) is 7.41. The lowest BCUT2D eigenvalue weighted by atomic mass is 10.0. The summed E-state index contributed by atoms with van der Waals surface area (Å²) >= 11 is 0. The summed E-state index contributed by atoms with van der Waals surface area (Å²) in [5.41, 5.74) is -1.27. The SMILES string of the molecule is CC(C)(C)OC(=O)C1CCC(O)CN1C(=O)OC(C)(C)C. The molecule has 1 heterocycles. The van der Waals surface area contributed by atoms with Gasteiger partial charge in [-0.3, -0.25) is 4.90 Å². The quantitative estimate of drug-likeness (QED) is 0.750. The molecule has 2 unspecified atom stereocenters. The van der Waals surface area contributed by atoms with Gasteiger partial charge in [0.15, 0.2) is 0 Å². The highest BCUT2D eigenvalue weighted by molar-refractivity contribution is 5.82. The molecule has 0 saturated carbocycles. The van der Waals surface area contributed by atoms with Crippen molar-refractivity contribution in [1.82, 2.24) is 4.90 Å². The first-order valence-corrected chi connectivity index (χ1v) is 7.29. The predicted molar refractivity (Wildman–Crippen MR) is 77.8 cm³/mol. The molecule has 1 aliphatic rings. The Morgan fingerprint density at radius 2 is 1.52 bits per heavy atom. The number of β-amino-alcohol motifs (C(OH)–C–C–N with tert-alkyl or cyclic N) is 1. The molecule has 1 fully saturated rings. The second-order valence-corrected chi connectivity index (χ2v) is 7.41. The number of rotatable bonds is 1. The van der Waals surface area contributed by atoms with Crippen LogP contribution >= 0.6 is 0 Å². The third-order valence-electron chi connectivity index (χ3n) is 2.86. The zero-order valence-corrected chi connectivity index (χ0v) is 13.8. The summed E-state index contributed by atoms with van der Waals surface area (Å²) in [5.74, 6) is -0.458. The maximum atomic E-state index is 12.2. The van der Waals surface area contributed by atoms with Crippen LogP contribution < -0.4 is 0 Å². The number of aliphatic hydroxyl groups is 1. The molecule has 1 saturated heterocycles. The van der Waals surface area contributed by atoms with Crippen molar-refractivity contribution < 1.29 is 24.2 Å². The summed E-state index contributed by atoms with van der Waals surface area (Å²) in [5, 5.41) is 9.76. The fourth-order valence-electron chi connectivity index (χ4n) is 2.09. The van der Waals surface area contributed by atoms with Gasteiger partial charge in [0.05, 0.1) is 12.6 Å². The Bertz CT molecular complexity index is 394. The summed E-state index contributed by atoms with van der Waals surface area (Å²) in [6, 6.07) is -0.706. The summed E-state index contributed by atoms with van der Waals surface area (Å²) in [4.78, 5) is 25.7. The van der Waals surface area contributed by atoms with Crippen LogP contribution in [0.1, 0.15) is 54.4 Å². The smallest absolute Gasteiger partial charge is 0.411 e. The Labute approximate surface area is 126 Å². The molecule has 6 heteroatoms. The number of esters is 1. The first-order valence-electron chi connectivity index (χ1n) is 7.29. The molecule has 0 radical (unpaired) electrons. The van der Waals surface area contributed by atoms with Crippen molar-refractivity contribution in [2.75, 3.05) is 6.54 Å². The number of ether oxygens (including phenoxy) is 2. The van der Waals surface area contributed by atoms with Gasteiger partial charge in [0.2, 0.25) is 0 Å². The van der Waals surface area contributed by atoms with Gasteiger partial charge in [-0.2, -0.15) is 0 Å². The minimum Gasteiger partial charge on any atom is -0.458 e. The van der Waals surface area contributed by atoms with Gasteiger partial charge in [-0.1, -0.05) is 0 Å². The van der Waals surface area contributed by atoms with Crippen LogP contribution in [0, 0.1) is 0 Å². The molecular weight excluding hydrogens is 274 g/mol. The Hall–Kier alpha value is -1.30. The fourth-order valence-corrected chi connectivity index (χ4v) is 2.09. The number of carbonyl (C=O) groups is 2. The third-order valence-corrected chi connectivity index (χ3v) is 2.86. The zero-order chi connectivity index (χ0) is 16.4. The average Bonchev–Trinajstić information content (AvgIpc) is 2.23. The topological polar surface area (TPSA) is 76.1 Å². The average molecular weight is 301 g/mol. The molecule has 0 spiro atoms. The van der Waals surface area contributed by atoms with Crippen LogP contribution in [0.5, 0.6) is 0 Å². The molecule has 1 aliphatic heterocycles. The van der Waals surface area contributed by atoms with E-state index >= 15 is 0 Å². The van der Waals surface area contributed by atoms with E-state index in [1.165, 1.54) is 4.90 Å². The van der Waals surface area contributed by atoms with E-state index in [4.69, 9.17) is 9.47 Å². The highest BCUT2D eigenvalue weighted by atomic mass is 16.6. The van der Waals surface area contributed by atoms with Crippen LogP contribution in [0.3, 0.4) is 0 Å². The van der Waals surface area contributed by atoms with E-state index in [2.05, 4.69) is 0 Å². The molecule has 21 heavy (non-hydrogen) atoms. The Balaban J connectivity index is 2.84. The number of piperidine rings is 1. The maximum Gasteiger partial charge on any atom is 0.411 e. The first kappa shape index (κ1) is 17.8. The first-order chi connectivity index (χ1) is 9.39. The predicted octanol–water partition coefficient (Wildman–Crippen LogP) is 2.09. The number of hydrogen-bond acceptors (Lipinski definition) is 5. The molecule has 0 bridgehead atoms. The Morgan fingerprint density at radius 3 is 2.00 bits per heavy atom. The van der Waals surface area contributed by atoms with Crippen LogP contribution in [-0.4, -0.2) is 52.0 Å². The van der Waals surface area contributed by atoms with E-state index in [9.17, 15) is 14.7 Å². The van der Waals surface area contributed by atoms with Gasteiger partial charge in [-0.05, 0) is 54.4 Å². The number of amides is 1. The van der Waals surface area contributed by atoms with E-state index in [1.54, 1.807) is 41.5 Å². The van der Waals surface area contributed by atoms with E-state index in [0.717, 1.165) is 0 Å². The van der Waals surface area contributed by atoms with Crippen LogP contribution in [-0.2, 0) is 14.3 Å². The van der Waals surface area contributed by atoms with Crippen molar-refractivity contribution in [2.24, 2.45) is 0 Å². The molecule has 0 aromatic heterocycles. The third kappa shape index (κ3) is 5.91. The van der Waals surface area contributed by atoms with Gasteiger partial charge < -0.3 is 14.6 Å². The highest BCUT2D eigenvalue weighted by Crippen LogP contribution is 2.23. The van der Waals surface area contributed by atoms with Gasteiger partial charge in [-0.15, -0.1) is 0 Å². The van der Waals surface area contributed by atoms with Crippen molar-refractivity contribution in [3.8, 4) is 0 Å². The summed E-state index contributed by atoms with van der Waals surface area (Å²) < 4.78 is 10.7. The normalized spacial score (nSPS) is 23.7. The van der Waals surface area contributed by atoms with Crippen LogP contribution in [0.25, 0.3) is 0 Å². The molecule has 1 rings (SSSR count). The van der Waals surface area contributed by atoms with Gasteiger partial charge in [0.1, 0.15) is 17.2 Å². The molecule has 0 aliphatic carbocycles. The maximum absolute atomic E-state index is 12.2. The number of nitrogens with zero attached hydrogens (tertiary/aromatic N) is 1. The van der Waals surface area contributed by atoms with Gasteiger partial charge in [-0.25, -0.2) is 9.59 Å². The molecule has 6 nitrogen and oxygen atoms in total. The number of carbonyl (C=O) groups excluding carboxylic acids is 2. The van der Waals surface area contributed by atoms with Crippen molar-refractivity contribution in [1.29, 1.82) is 0 Å². The summed E-state index contributed by atoms with van der Waals surface area (Å²) in [7, 11) is 0. The fraction of sp³-hybridized carbons (Fsp3) is 0.867. The highest BCUT2D eigenvalue weighted by Gasteiger charge is 2.39. The lowest BCUT2D eigenvalue weighted by Crippen LogP contribution is -2.54. The van der Waals surface area contributed by atoms with Crippen LogP contribution in [0.2, 0.25) is 0 Å². The molecule has 2 atom stereocenters. The molecule has 1 amide bonds. The minimum atomic E-state index is -0.706. The van der Waals surface area contributed by atoms with Gasteiger partial charge >= 0.3 is 12.1 Å². The van der Waals surface area contributed by atoms with Gasteiger partial charge in [0.25, 0.3) is 0 Å². The lowest BCUT2D eigenvalue weighted by molar-refractivity contribution is -0.163. The Kier molecular flexibility index (Phi) is 5.25. The van der Waals surface area contributed by atoms with E-state index in [-0.39, 0.29) is 6.54 Å². The summed E-state index contributed by atoms with van der Waals surface area (Å²) in [6.07, 6.45) is -0.410. The van der Waals surface area contributed by atoms with E-state index < -0.39 is 35.4 Å². The monoisotopic (exact) mass is 301 g/mol. The van der Waals surface area contributed by atoms with E-state index in [0.29, 0.717) is 12.8 Å². The zero-order valence-electron chi connectivity index (χ0n) is 13.8. The lowest BCUT2D eigenvalue weighted by Gasteiger charge is -2.38. The van der Waals surface area contributed by atoms with Gasteiger partial charge in [0, 0.05) is 0 Å². The molecule has 0 aromatic rings. The molecule has 122 valence electrons. The largest absolute Gasteiger partial charge is 0.458 e. The number of aliphatic hydroxyl groups excluding tert-OH is 1. The standard InChI is InChI=1S/C15H27NO5/c1-14(2,3)20-12(18)11-8-7-10(17)9-16(11)13(19)21-15(4,5)6/h10-11,17H,7-9H2,1-6H3. The Morgan fingerprint density at radius 1 is 1.00 bits per heavy atom. The van der Waals surface area contributed by atoms with Crippen molar-refractivity contribution in [2.45, 2.75) is 77.7 Å². The van der Waals surface area contributed by atoms with Crippen molar-refractivity contribution in [3.05, 3.63) is 0 Å². The van der Waals surface area contributed by atoms with Crippen molar-refractivity contribution in [3.63, 3.8) is 0 Å². The molecule has 0 aromatic carbocycles. The van der Waals surface area contributed by atoms with Crippen LogP contribution in [0.4, 0.5) is 4.79 Å². The van der Waals surface area contributed by atoms with Crippen LogP contribution in [0.15, 0.2) is 0 Å². The molecule has 1 N–H and O–H groups in total. The number of hydrogen-bond donors (Lipinski definition) is 1. The van der Waals surface area contributed by atoms with Crippen molar-refractivity contribution >= 4 is 12.1 Å².